The molecular formula is C20H27N3O3. The molecule has 2 aliphatic rings. The minimum atomic E-state index is -0.770. The van der Waals surface area contributed by atoms with Crippen molar-refractivity contribution in [1.29, 1.82) is 0 Å². The molecule has 2 N–H and O–H groups in total. The van der Waals surface area contributed by atoms with Gasteiger partial charge in [0.25, 0.3) is 5.91 Å². The van der Waals surface area contributed by atoms with Crippen LogP contribution in [0.25, 0.3) is 0 Å². The van der Waals surface area contributed by atoms with Gasteiger partial charge in [0, 0.05) is 0 Å². The fraction of sp³-hybridized carbons (Fsp3) is 0.550. The van der Waals surface area contributed by atoms with Crippen LogP contribution in [0.15, 0.2) is 30.3 Å². The molecule has 1 heterocycles. The molecule has 6 heteroatoms. The van der Waals surface area contributed by atoms with Crippen LogP contribution in [0, 0.1) is 5.92 Å². The smallest absolute Gasteiger partial charge is 0.325 e. The maximum absolute atomic E-state index is 12.7. The van der Waals surface area contributed by atoms with Gasteiger partial charge in [-0.25, -0.2) is 4.79 Å². The third kappa shape index (κ3) is 3.74. The number of benzene rings is 1. The molecule has 1 aromatic carbocycles. The van der Waals surface area contributed by atoms with Crippen LogP contribution in [0.5, 0.6) is 0 Å². The van der Waals surface area contributed by atoms with Crippen LogP contribution in [0.1, 0.15) is 57.6 Å². The number of nitrogens with one attached hydrogen (secondary N) is 2. The highest BCUT2D eigenvalue weighted by Gasteiger charge is 2.52. The lowest BCUT2D eigenvalue weighted by atomic mass is 9.97. The van der Waals surface area contributed by atoms with E-state index in [-0.39, 0.29) is 24.4 Å². The van der Waals surface area contributed by atoms with Gasteiger partial charge in [0.15, 0.2) is 0 Å². The van der Waals surface area contributed by atoms with Gasteiger partial charge >= 0.3 is 6.03 Å². The van der Waals surface area contributed by atoms with Crippen LogP contribution in [0.2, 0.25) is 0 Å². The topological polar surface area (TPSA) is 78.5 Å². The Morgan fingerprint density at radius 3 is 2.46 bits per heavy atom. The first-order valence-corrected chi connectivity index (χ1v) is 9.40. The molecule has 1 saturated carbocycles. The van der Waals surface area contributed by atoms with Crippen LogP contribution >= 0.6 is 0 Å². The summed E-state index contributed by atoms with van der Waals surface area (Å²) in [6.07, 6.45) is 3.97. The fourth-order valence-corrected chi connectivity index (χ4v) is 3.96. The molecule has 2 fully saturated rings. The molecule has 0 radical (unpaired) electrons. The van der Waals surface area contributed by atoms with Gasteiger partial charge < -0.3 is 10.6 Å². The van der Waals surface area contributed by atoms with E-state index in [9.17, 15) is 14.4 Å². The summed E-state index contributed by atoms with van der Waals surface area (Å²) >= 11 is 0. The molecule has 0 bridgehead atoms. The second-order valence-corrected chi connectivity index (χ2v) is 7.77. The van der Waals surface area contributed by atoms with Crippen molar-refractivity contribution in [3.8, 4) is 0 Å². The molecule has 1 atom stereocenters. The zero-order valence-electron chi connectivity index (χ0n) is 15.5. The Labute approximate surface area is 154 Å². The minimum absolute atomic E-state index is 0.134. The molecule has 0 unspecified atom stereocenters. The summed E-state index contributed by atoms with van der Waals surface area (Å²) in [5.41, 5.74) is 0.257. The maximum atomic E-state index is 12.7. The minimum Gasteiger partial charge on any atom is -0.348 e. The standard InChI is InChI=1S/C20H27N3O3/c1-14(2)12-16(15-8-4-3-5-9-15)21-17(24)13-23-18(25)20(22-19(23)26)10-6-7-11-20/h3-5,8-9,14,16H,6-7,10-13H2,1-2H3,(H,21,24)(H,22,26)/t16-/m1/s1. The van der Waals surface area contributed by atoms with Crippen molar-refractivity contribution >= 4 is 17.8 Å². The van der Waals surface area contributed by atoms with E-state index in [0.717, 1.165) is 29.7 Å². The fourth-order valence-electron chi connectivity index (χ4n) is 3.96. The van der Waals surface area contributed by atoms with Crippen molar-refractivity contribution in [2.45, 2.75) is 57.5 Å². The Morgan fingerprint density at radius 1 is 1.19 bits per heavy atom. The van der Waals surface area contributed by atoms with Gasteiger partial charge in [-0.2, -0.15) is 0 Å². The summed E-state index contributed by atoms with van der Waals surface area (Å²) < 4.78 is 0. The summed E-state index contributed by atoms with van der Waals surface area (Å²) in [5.74, 6) is -0.160. The van der Waals surface area contributed by atoms with Crippen LogP contribution < -0.4 is 10.6 Å². The van der Waals surface area contributed by atoms with Crippen molar-refractivity contribution < 1.29 is 14.4 Å². The lowest BCUT2D eigenvalue weighted by molar-refractivity contribution is -0.135. The molecule has 4 amide bonds. The zero-order valence-corrected chi connectivity index (χ0v) is 15.5. The Kier molecular flexibility index (Phi) is 5.30. The van der Waals surface area contributed by atoms with E-state index in [0.29, 0.717) is 18.8 Å². The Hall–Kier alpha value is -2.37. The zero-order chi connectivity index (χ0) is 18.7. The number of urea groups is 1. The maximum Gasteiger partial charge on any atom is 0.325 e. The summed E-state index contributed by atoms with van der Waals surface area (Å²) in [7, 11) is 0. The second-order valence-electron chi connectivity index (χ2n) is 7.77. The number of hydrogen-bond acceptors (Lipinski definition) is 3. The Balaban J connectivity index is 1.67. The van der Waals surface area contributed by atoms with Gasteiger partial charge in [-0.3, -0.25) is 14.5 Å². The van der Waals surface area contributed by atoms with E-state index in [1.165, 1.54) is 0 Å². The molecule has 1 saturated heterocycles. The summed E-state index contributed by atoms with van der Waals surface area (Å²) in [6, 6.07) is 9.19. The third-order valence-corrected chi connectivity index (χ3v) is 5.25. The number of carbonyl (C=O) groups is 3. The highest BCUT2D eigenvalue weighted by molar-refractivity contribution is 6.09. The molecule has 140 valence electrons. The van der Waals surface area contributed by atoms with E-state index >= 15 is 0 Å². The van der Waals surface area contributed by atoms with Gasteiger partial charge in [-0.05, 0) is 30.7 Å². The van der Waals surface area contributed by atoms with Crippen LogP contribution in [0.3, 0.4) is 0 Å². The first kappa shape index (κ1) is 18.4. The largest absolute Gasteiger partial charge is 0.348 e. The molecule has 6 nitrogen and oxygen atoms in total. The first-order chi connectivity index (χ1) is 12.4. The van der Waals surface area contributed by atoms with Crippen molar-refractivity contribution in [3.05, 3.63) is 35.9 Å². The SMILES string of the molecule is CC(C)C[C@@H](NC(=O)CN1C(=O)NC2(CCCC2)C1=O)c1ccccc1. The average Bonchev–Trinajstić information content (AvgIpc) is 3.16. The number of rotatable bonds is 6. The van der Waals surface area contributed by atoms with Crippen LogP contribution in [-0.2, 0) is 9.59 Å². The third-order valence-electron chi connectivity index (χ3n) is 5.25. The van der Waals surface area contributed by atoms with Gasteiger partial charge in [0.2, 0.25) is 5.91 Å². The summed E-state index contributed by atoms with van der Waals surface area (Å²) in [5, 5.41) is 5.81. The molecular weight excluding hydrogens is 330 g/mol. The number of carbonyl (C=O) groups excluding carboxylic acids is 3. The van der Waals surface area contributed by atoms with Crippen molar-refractivity contribution in [3.63, 3.8) is 0 Å². The quantitative estimate of drug-likeness (QED) is 0.769. The first-order valence-electron chi connectivity index (χ1n) is 9.40. The Bertz CT molecular complexity index is 681. The van der Waals surface area contributed by atoms with Crippen molar-refractivity contribution in [2.24, 2.45) is 5.92 Å². The Morgan fingerprint density at radius 2 is 1.85 bits per heavy atom. The molecule has 1 aromatic rings. The van der Waals surface area contributed by atoms with E-state index in [2.05, 4.69) is 24.5 Å². The van der Waals surface area contributed by atoms with Crippen LogP contribution in [0.4, 0.5) is 4.79 Å². The second kappa shape index (κ2) is 7.48. The number of amides is 4. The molecule has 3 rings (SSSR count). The monoisotopic (exact) mass is 357 g/mol. The number of nitrogens with zero attached hydrogens (tertiary/aromatic N) is 1. The molecule has 1 aliphatic heterocycles. The number of hydrogen-bond donors (Lipinski definition) is 2. The lowest BCUT2D eigenvalue weighted by Gasteiger charge is -2.23. The van der Waals surface area contributed by atoms with E-state index in [1.54, 1.807) is 0 Å². The van der Waals surface area contributed by atoms with Gasteiger partial charge in [0.1, 0.15) is 12.1 Å². The van der Waals surface area contributed by atoms with Crippen molar-refractivity contribution in [1.82, 2.24) is 15.5 Å². The van der Waals surface area contributed by atoms with Crippen LogP contribution in [-0.4, -0.2) is 34.8 Å². The summed E-state index contributed by atoms with van der Waals surface area (Å²) in [4.78, 5) is 38.5. The van der Waals surface area contributed by atoms with E-state index in [1.807, 2.05) is 30.3 Å². The van der Waals surface area contributed by atoms with E-state index < -0.39 is 11.6 Å². The van der Waals surface area contributed by atoms with E-state index in [4.69, 9.17) is 0 Å². The normalized spacial score (nSPS) is 19.9. The molecule has 1 spiro atoms. The predicted octanol–water partition coefficient (Wildman–Crippen LogP) is 2.75. The average molecular weight is 357 g/mol. The predicted molar refractivity (Wildman–Crippen MR) is 98.2 cm³/mol. The lowest BCUT2D eigenvalue weighted by Crippen LogP contribution is -2.45. The summed E-state index contributed by atoms with van der Waals surface area (Å²) in [6.45, 7) is 3.97. The van der Waals surface area contributed by atoms with Crippen molar-refractivity contribution in [2.75, 3.05) is 6.54 Å². The van der Waals surface area contributed by atoms with Gasteiger partial charge in [-0.1, -0.05) is 57.0 Å². The molecule has 0 aromatic heterocycles. The van der Waals surface area contributed by atoms with Gasteiger partial charge in [0.05, 0.1) is 6.04 Å². The highest BCUT2D eigenvalue weighted by atomic mass is 16.2. The number of imide groups is 1. The van der Waals surface area contributed by atoms with Gasteiger partial charge in [-0.15, -0.1) is 0 Å². The molecule has 26 heavy (non-hydrogen) atoms. The highest BCUT2D eigenvalue weighted by Crippen LogP contribution is 2.35. The molecule has 1 aliphatic carbocycles.